The Hall–Kier alpha value is -1.22. The Morgan fingerprint density at radius 1 is 1.29 bits per heavy atom. The molecule has 0 bridgehead atoms. The Kier molecular flexibility index (Phi) is 4.82. The first-order chi connectivity index (χ1) is 7.90. The molecule has 0 saturated heterocycles. The summed E-state index contributed by atoms with van der Waals surface area (Å²) in [5, 5.41) is 18.6. The Morgan fingerprint density at radius 3 is 2.53 bits per heavy atom. The normalized spacial score (nSPS) is 13.4. The number of hydrogen-bond donors (Lipinski definition) is 2. The molecule has 1 aromatic carbocycles. The molecule has 0 aliphatic rings. The lowest BCUT2D eigenvalue weighted by Crippen LogP contribution is -2.22. The molecule has 0 heterocycles. The summed E-state index contributed by atoms with van der Waals surface area (Å²) in [7, 11) is 0. The number of phenols is 1. The maximum Gasteiger partial charge on any atom is 0.122 e. The van der Waals surface area contributed by atoms with E-state index in [1.165, 1.54) is 0 Å². The fourth-order valence-corrected chi connectivity index (χ4v) is 1.83. The third-order valence-corrected chi connectivity index (χ3v) is 2.46. The fraction of sp³-hybridized carbons (Fsp3) is 0.571. The third-order valence-electron chi connectivity index (χ3n) is 2.46. The molecule has 1 atom stereocenters. The van der Waals surface area contributed by atoms with E-state index in [0.29, 0.717) is 12.4 Å². The minimum absolute atomic E-state index is 0.121. The van der Waals surface area contributed by atoms with Gasteiger partial charge in [0, 0.05) is 18.6 Å². The summed E-state index contributed by atoms with van der Waals surface area (Å²) >= 11 is 0. The van der Waals surface area contributed by atoms with Crippen LogP contribution in [0.2, 0.25) is 0 Å². The molecular weight excluding hydrogens is 216 g/mol. The third kappa shape index (κ3) is 5.59. The van der Waals surface area contributed by atoms with Crippen molar-refractivity contribution >= 4 is 0 Å². The van der Waals surface area contributed by atoms with Gasteiger partial charge in [0.15, 0.2) is 0 Å². The zero-order valence-electron chi connectivity index (χ0n) is 10.8. The van der Waals surface area contributed by atoms with Crippen LogP contribution in [0.3, 0.4) is 0 Å². The van der Waals surface area contributed by atoms with Gasteiger partial charge in [-0.2, -0.15) is 0 Å². The number of rotatable bonds is 5. The highest BCUT2D eigenvalue weighted by molar-refractivity contribution is 5.31. The van der Waals surface area contributed by atoms with Gasteiger partial charge in [-0.05, 0) is 24.0 Å². The topological polar surface area (TPSA) is 49.7 Å². The first-order valence-electron chi connectivity index (χ1n) is 5.93. The minimum Gasteiger partial charge on any atom is -0.508 e. The van der Waals surface area contributed by atoms with Crippen LogP contribution in [0.15, 0.2) is 24.3 Å². The van der Waals surface area contributed by atoms with Gasteiger partial charge in [-0.15, -0.1) is 0 Å². The van der Waals surface area contributed by atoms with Crippen LogP contribution in [0, 0.1) is 11.3 Å². The summed E-state index contributed by atoms with van der Waals surface area (Å²) in [6.07, 6.45) is 0.905. The Labute approximate surface area is 103 Å². The summed E-state index contributed by atoms with van der Waals surface area (Å²) < 4.78 is 5.57. The van der Waals surface area contributed by atoms with Crippen molar-refractivity contribution in [3.05, 3.63) is 24.3 Å². The minimum atomic E-state index is 0.121. The summed E-state index contributed by atoms with van der Waals surface area (Å²) in [6.45, 7) is 7.02. The van der Waals surface area contributed by atoms with Crippen molar-refractivity contribution < 1.29 is 14.9 Å². The smallest absolute Gasteiger partial charge is 0.122 e. The first kappa shape index (κ1) is 13.8. The monoisotopic (exact) mass is 238 g/mol. The van der Waals surface area contributed by atoms with E-state index in [9.17, 15) is 10.2 Å². The van der Waals surface area contributed by atoms with Crippen molar-refractivity contribution in [3.8, 4) is 11.5 Å². The van der Waals surface area contributed by atoms with Crippen LogP contribution >= 0.6 is 0 Å². The predicted molar refractivity (Wildman–Crippen MR) is 68.2 cm³/mol. The van der Waals surface area contributed by atoms with E-state index in [2.05, 4.69) is 20.8 Å². The molecule has 2 N–H and O–H groups in total. The molecule has 1 rings (SSSR count). The number of hydrogen-bond acceptors (Lipinski definition) is 3. The second-order valence-electron chi connectivity index (χ2n) is 5.62. The van der Waals surface area contributed by atoms with Gasteiger partial charge in [-0.25, -0.2) is 0 Å². The van der Waals surface area contributed by atoms with Crippen molar-refractivity contribution in [1.29, 1.82) is 0 Å². The van der Waals surface area contributed by atoms with Gasteiger partial charge in [0.1, 0.15) is 11.5 Å². The number of aromatic hydroxyl groups is 1. The maximum atomic E-state index is 9.29. The molecule has 0 spiro atoms. The average molecular weight is 238 g/mol. The number of ether oxygens (including phenoxy) is 1. The van der Waals surface area contributed by atoms with E-state index >= 15 is 0 Å². The quantitative estimate of drug-likeness (QED) is 0.829. The highest BCUT2D eigenvalue weighted by Crippen LogP contribution is 2.25. The zero-order valence-corrected chi connectivity index (χ0v) is 10.8. The Bertz CT molecular complexity index is 342. The molecule has 0 amide bonds. The number of aliphatic hydroxyl groups is 1. The Morgan fingerprint density at radius 2 is 2.00 bits per heavy atom. The van der Waals surface area contributed by atoms with Crippen LogP contribution in [-0.4, -0.2) is 23.4 Å². The van der Waals surface area contributed by atoms with Crippen molar-refractivity contribution in [3.63, 3.8) is 0 Å². The molecule has 0 aliphatic carbocycles. The van der Waals surface area contributed by atoms with E-state index in [1.54, 1.807) is 24.3 Å². The zero-order chi connectivity index (χ0) is 12.9. The second kappa shape index (κ2) is 5.92. The molecule has 3 heteroatoms. The van der Waals surface area contributed by atoms with Crippen molar-refractivity contribution in [2.45, 2.75) is 27.2 Å². The van der Waals surface area contributed by atoms with Crippen molar-refractivity contribution in [2.75, 3.05) is 13.2 Å². The van der Waals surface area contributed by atoms with Gasteiger partial charge in [0.05, 0.1) is 6.61 Å². The van der Waals surface area contributed by atoms with Gasteiger partial charge >= 0.3 is 0 Å². The summed E-state index contributed by atoms with van der Waals surface area (Å²) in [6, 6.07) is 6.71. The number of aliphatic hydroxyl groups excluding tert-OH is 1. The van der Waals surface area contributed by atoms with Crippen LogP contribution in [0.1, 0.15) is 27.2 Å². The number of benzene rings is 1. The molecule has 1 aromatic rings. The fourth-order valence-electron chi connectivity index (χ4n) is 1.83. The molecule has 0 radical (unpaired) electrons. The van der Waals surface area contributed by atoms with E-state index in [4.69, 9.17) is 4.74 Å². The van der Waals surface area contributed by atoms with E-state index in [1.807, 2.05) is 0 Å². The molecular formula is C14H22O3. The molecule has 96 valence electrons. The largest absolute Gasteiger partial charge is 0.508 e. The molecule has 3 nitrogen and oxygen atoms in total. The molecule has 0 aromatic heterocycles. The molecule has 1 unspecified atom stereocenters. The summed E-state index contributed by atoms with van der Waals surface area (Å²) in [5.41, 5.74) is 0.176. The molecule has 0 saturated carbocycles. The molecule has 0 aliphatic heterocycles. The van der Waals surface area contributed by atoms with Crippen LogP contribution in [0.5, 0.6) is 11.5 Å². The molecule has 0 fully saturated rings. The first-order valence-corrected chi connectivity index (χ1v) is 5.93. The van der Waals surface area contributed by atoms with Gasteiger partial charge in [-0.3, -0.25) is 0 Å². The highest BCUT2D eigenvalue weighted by atomic mass is 16.5. The van der Waals surface area contributed by atoms with E-state index < -0.39 is 0 Å². The van der Waals surface area contributed by atoms with E-state index in [-0.39, 0.29) is 23.7 Å². The van der Waals surface area contributed by atoms with E-state index in [0.717, 1.165) is 6.42 Å². The highest BCUT2D eigenvalue weighted by Gasteiger charge is 2.18. The molecule has 17 heavy (non-hydrogen) atoms. The maximum absolute atomic E-state index is 9.29. The van der Waals surface area contributed by atoms with Gasteiger partial charge in [-0.1, -0.05) is 26.8 Å². The van der Waals surface area contributed by atoms with Crippen LogP contribution in [-0.2, 0) is 0 Å². The standard InChI is InChI=1S/C14H22O3/c1-14(2,3)8-11(9-15)10-17-13-6-4-5-12(16)7-13/h4-7,11,15-16H,8-10H2,1-3H3. The van der Waals surface area contributed by atoms with Crippen molar-refractivity contribution in [1.82, 2.24) is 0 Å². The summed E-state index contributed by atoms with van der Waals surface area (Å²) in [4.78, 5) is 0. The van der Waals surface area contributed by atoms with Gasteiger partial charge in [0.25, 0.3) is 0 Å². The van der Waals surface area contributed by atoms with Gasteiger partial charge < -0.3 is 14.9 Å². The lowest BCUT2D eigenvalue weighted by atomic mass is 9.85. The second-order valence-corrected chi connectivity index (χ2v) is 5.62. The van der Waals surface area contributed by atoms with Crippen LogP contribution in [0.25, 0.3) is 0 Å². The SMILES string of the molecule is CC(C)(C)CC(CO)COc1cccc(O)c1. The summed E-state index contributed by atoms with van der Waals surface area (Å²) in [5.74, 6) is 0.952. The lowest BCUT2D eigenvalue weighted by Gasteiger charge is -2.24. The number of phenolic OH excluding ortho intramolecular Hbond substituents is 1. The lowest BCUT2D eigenvalue weighted by molar-refractivity contribution is 0.126. The van der Waals surface area contributed by atoms with Crippen molar-refractivity contribution in [2.24, 2.45) is 11.3 Å². The van der Waals surface area contributed by atoms with Crippen LogP contribution in [0.4, 0.5) is 0 Å². The average Bonchev–Trinajstić information content (AvgIpc) is 2.23. The predicted octanol–water partition coefficient (Wildman–Crippen LogP) is 2.82. The van der Waals surface area contributed by atoms with Gasteiger partial charge in [0.2, 0.25) is 0 Å². The Balaban J connectivity index is 2.48. The van der Waals surface area contributed by atoms with Crippen LogP contribution < -0.4 is 4.74 Å².